The number of amides is 1. The number of nitrogens with one attached hydrogen (secondary N) is 1. The Balaban J connectivity index is 1.87. The summed E-state index contributed by atoms with van der Waals surface area (Å²) >= 11 is 6.84. The van der Waals surface area contributed by atoms with Gasteiger partial charge in [-0.05, 0) is 59.1 Å². The maximum absolute atomic E-state index is 11.9. The summed E-state index contributed by atoms with van der Waals surface area (Å²) in [5.41, 5.74) is 5.18. The second-order valence-electron chi connectivity index (χ2n) is 5.35. The van der Waals surface area contributed by atoms with Crippen LogP contribution in [0.2, 0.25) is 0 Å². The lowest BCUT2D eigenvalue weighted by Crippen LogP contribution is -2.25. The minimum Gasteiger partial charge on any atom is -0.482 e. The van der Waals surface area contributed by atoms with Crippen molar-refractivity contribution < 1.29 is 9.53 Å². The number of rotatable bonds is 6. The predicted molar refractivity (Wildman–Crippen MR) is 109 cm³/mol. The van der Waals surface area contributed by atoms with E-state index < -0.39 is 0 Å². The van der Waals surface area contributed by atoms with Crippen molar-refractivity contribution in [1.82, 2.24) is 5.43 Å². The molecule has 0 atom stereocenters. The van der Waals surface area contributed by atoms with Crippen LogP contribution >= 0.6 is 31.9 Å². The van der Waals surface area contributed by atoms with Crippen LogP contribution in [-0.4, -0.2) is 18.2 Å². The fraction of sp³-hybridized carbons (Fsp3) is 0.158. The highest BCUT2D eigenvalue weighted by molar-refractivity contribution is 9.11. The van der Waals surface area contributed by atoms with Crippen LogP contribution < -0.4 is 10.2 Å². The molecule has 25 heavy (non-hydrogen) atoms. The van der Waals surface area contributed by atoms with Gasteiger partial charge in [-0.2, -0.15) is 5.10 Å². The van der Waals surface area contributed by atoms with Gasteiger partial charge < -0.3 is 4.74 Å². The Labute approximate surface area is 164 Å². The normalized spacial score (nSPS) is 11.6. The van der Waals surface area contributed by atoms with E-state index in [-0.39, 0.29) is 12.5 Å². The highest BCUT2D eigenvalue weighted by Crippen LogP contribution is 2.32. The lowest BCUT2D eigenvalue weighted by molar-refractivity contribution is -0.123. The van der Waals surface area contributed by atoms with Crippen molar-refractivity contribution >= 4 is 49.6 Å². The third-order valence-electron chi connectivity index (χ3n) is 3.22. The van der Waals surface area contributed by atoms with Gasteiger partial charge in [-0.1, -0.05) is 52.3 Å². The van der Waals surface area contributed by atoms with E-state index in [9.17, 15) is 4.79 Å². The van der Waals surface area contributed by atoms with Crippen molar-refractivity contribution in [3.8, 4) is 5.75 Å². The highest BCUT2D eigenvalue weighted by Gasteiger charge is 2.09. The fourth-order valence-corrected chi connectivity index (χ4v) is 3.56. The maximum Gasteiger partial charge on any atom is 0.277 e. The molecule has 4 nitrogen and oxygen atoms in total. The van der Waals surface area contributed by atoms with Crippen LogP contribution in [0.15, 0.2) is 62.6 Å². The molecule has 0 aliphatic carbocycles. The first-order valence-corrected chi connectivity index (χ1v) is 9.19. The van der Waals surface area contributed by atoms with Gasteiger partial charge in [0, 0.05) is 4.47 Å². The van der Waals surface area contributed by atoms with Crippen molar-refractivity contribution in [2.45, 2.75) is 13.8 Å². The number of aryl methyl sites for hydroxylation is 1. The average molecular weight is 466 g/mol. The van der Waals surface area contributed by atoms with Crippen LogP contribution in [0.25, 0.3) is 6.08 Å². The van der Waals surface area contributed by atoms with Crippen LogP contribution in [-0.2, 0) is 4.79 Å². The van der Waals surface area contributed by atoms with E-state index in [0.29, 0.717) is 11.5 Å². The second-order valence-corrected chi connectivity index (χ2v) is 7.12. The van der Waals surface area contributed by atoms with Gasteiger partial charge in [0.15, 0.2) is 6.61 Å². The average Bonchev–Trinajstić information content (AvgIpc) is 2.58. The monoisotopic (exact) mass is 464 g/mol. The summed E-state index contributed by atoms with van der Waals surface area (Å²) in [6.45, 7) is 3.62. The summed E-state index contributed by atoms with van der Waals surface area (Å²) < 4.78 is 7.31. The van der Waals surface area contributed by atoms with E-state index in [1.807, 2.05) is 68.5 Å². The molecule has 2 rings (SSSR count). The van der Waals surface area contributed by atoms with Crippen LogP contribution in [0.1, 0.15) is 18.1 Å². The van der Waals surface area contributed by atoms with Gasteiger partial charge >= 0.3 is 0 Å². The number of carbonyl (C=O) groups is 1. The number of halogens is 2. The summed E-state index contributed by atoms with van der Waals surface area (Å²) in [5.74, 6) is 0.324. The summed E-state index contributed by atoms with van der Waals surface area (Å²) in [6.07, 6.45) is 3.77. The number of hydrogen-bond acceptors (Lipinski definition) is 3. The molecule has 0 fully saturated rings. The molecule has 2 aromatic rings. The number of nitrogens with zero attached hydrogens (tertiary/aromatic N) is 1. The topological polar surface area (TPSA) is 50.7 Å². The Kier molecular flexibility index (Phi) is 7.40. The molecule has 0 unspecified atom stereocenters. The first kappa shape index (κ1) is 19.4. The second kappa shape index (κ2) is 9.53. The Morgan fingerprint density at radius 2 is 1.96 bits per heavy atom. The lowest BCUT2D eigenvalue weighted by atomic mass is 10.2. The van der Waals surface area contributed by atoms with Gasteiger partial charge in [0.2, 0.25) is 0 Å². The number of allylic oxidation sites excluding steroid dienone is 1. The standard InChI is InChI=1S/C19H18Br2N2O2/c1-13-10-16(20)11-17(21)19(13)25-12-18(24)23-22-14(2)8-9-15-6-4-3-5-7-15/h3-11H,12H2,1-2H3,(H,23,24). The number of benzene rings is 2. The molecule has 0 aliphatic heterocycles. The van der Waals surface area contributed by atoms with E-state index in [1.54, 1.807) is 0 Å². The molecule has 2 aromatic carbocycles. The van der Waals surface area contributed by atoms with Gasteiger partial charge in [-0.25, -0.2) is 5.43 Å². The highest BCUT2D eigenvalue weighted by atomic mass is 79.9. The van der Waals surface area contributed by atoms with Gasteiger partial charge in [0.25, 0.3) is 5.91 Å². The molecule has 6 heteroatoms. The molecule has 0 spiro atoms. The van der Waals surface area contributed by atoms with Crippen molar-refractivity contribution in [1.29, 1.82) is 0 Å². The third kappa shape index (κ3) is 6.48. The van der Waals surface area contributed by atoms with Gasteiger partial charge in [0.1, 0.15) is 5.75 Å². The van der Waals surface area contributed by atoms with Crippen molar-refractivity contribution in [3.63, 3.8) is 0 Å². The van der Waals surface area contributed by atoms with E-state index in [1.165, 1.54) is 0 Å². The van der Waals surface area contributed by atoms with E-state index in [2.05, 4.69) is 42.4 Å². The minimum atomic E-state index is -0.318. The smallest absolute Gasteiger partial charge is 0.277 e. The molecule has 0 aromatic heterocycles. The zero-order chi connectivity index (χ0) is 18.2. The molecule has 0 bridgehead atoms. The molecular formula is C19H18Br2N2O2. The largest absolute Gasteiger partial charge is 0.482 e. The van der Waals surface area contributed by atoms with Crippen LogP contribution in [0, 0.1) is 6.92 Å². The Morgan fingerprint density at radius 3 is 2.64 bits per heavy atom. The lowest BCUT2D eigenvalue weighted by Gasteiger charge is -2.11. The first-order valence-electron chi connectivity index (χ1n) is 7.60. The summed E-state index contributed by atoms with van der Waals surface area (Å²) in [7, 11) is 0. The molecule has 0 aliphatic rings. The number of hydrazone groups is 1. The Morgan fingerprint density at radius 1 is 1.24 bits per heavy atom. The Bertz CT molecular complexity index is 779. The van der Waals surface area contributed by atoms with E-state index in [0.717, 1.165) is 20.1 Å². The van der Waals surface area contributed by atoms with Crippen molar-refractivity contribution in [2.24, 2.45) is 5.10 Å². The Hall–Kier alpha value is -1.92. The van der Waals surface area contributed by atoms with Crippen LogP contribution in [0.5, 0.6) is 5.75 Å². The van der Waals surface area contributed by atoms with E-state index >= 15 is 0 Å². The molecule has 0 saturated carbocycles. The number of carbonyl (C=O) groups excluding carboxylic acids is 1. The molecule has 130 valence electrons. The summed E-state index contributed by atoms with van der Waals surface area (Å²) in [6, 6.07) is 13.7. The molecular weight excluding hydrogens is 448 g/mol. The molecule has 0 radical (unpaired) electrons. The number of hydrogen-bond donors (Lipinski definition) is 1. The van der Waals surface area contributed by atoms with Crippen molar-refractivity contribution in [3.05, 3.63) is 68.6 Å². The zero-order valence-corrected chi connectivity index (χ0v) is 17.1. The van der Waals surface area contributed by atoms with Crippen LogP contribution in [0.4, 0.5) is 0 Å². The maximum atomic E-state index is 11.9. The summed E-state index contributed by atoms with van der Waals surface area (Å²) in [4.78, 5) is 11.9. The molecule has 1 amide bonds. The number of ether oxygens (including phenoxy) is 1. The van der Waals surface area contributed by atoms with Gasteiger partial charge in [-0.3, -0.25) is 4.79 Å². The van der Waals surface area contributed by atoms with E-state index in [4.69, 9.17) is 4.74 Å². The molecule has 1 N–H and O–H groups in total. The SMILES string of the molecule is CC(C=Cc1ccccc1)=NNC(=O)COc1c(C)cc(Br)cc1Br. The first-order chi connectivity index (χ1) is 12.0. The van der Waals surface area contributed by atoms with Crippen molar-refractivity contribution in [2.75, 3.05) is 6.61 Å². The molecule has 0 heterocycles. The fourth-order valence-electron chi connectivity index (χ4n) is 2.01. The van der Waals surface area contributed by atoms with Gasteiger partial charge in [-0.15, -0.1) is 0 Å². The quantitative estimate of drug-likeness (QED) is 0.476. The van der Waals surface area contributed by atoms with Crippen LogP contribution in [0.3, 0.4) is 0 Å². The summed E-state index contributed by atoms with van der Waals surface area (Å²) in [5, 5.41) is 4.04. The zero-order valence-electron chi connectivity index (χ0n) is 13.9. The predicted octanol–water partition coefficient (Wildman–Crippen LogP) is 5.10. The third-order valence-corrected chi connectivity index (χ3v) is 4.26. The minimum absolute atomic E-state index is 0.111. The molecule has 0 saturated heterocycles. The van der Waals surface area contributed by atoms with Gasteiger partial charge in [0.05, 0.1) is 10.2 Å².